The quantitative estimate of drug-likeness (QED) is 0.169. The van der Waals surface area contributed by atoms with Crippen molar-refractivity contribution in [2.24, 2.45) is 28.3 Å². The number of esters is 1. The number of thiazole rings is 1. The summed E-state index contributed by atoms with van der Waals surface area (Å²) in [6.45, 7) is 15.9. The summed E-state index contributed by atoms with van der Waals surface area (Å²) in [5, 5.41) is 8.21. The maximum atomic E-state index is 13.1. The van der Waals surface area contributed by atoms with Gasteiger partial charge in [0.15, 0.2) is 5.13 Å². The fraction of sp³-hybridized carbons (Fsp3) is 0.658. The minimum Gasteiger partial charge on any atom is -0.444 e. The van der Waals surface area contributed by atoms with Crippen molar-refractivity contribution in [3.63, 3.8) is 0 Å². The average molecular weight is 695 g/mol. The highest BCUT2D eigenvalue weighted by molar-refractivity contribution is 7.15. The molecular weight excluding hydrogens is 641 g/mol. The van der Waals surface area contributed by atoms with Crippen LogP contribution in [0.3, 0.4) is 0 Å². The summed E-state index contributed by atoms with van der Waals surface area (Å²) >= 11 is 1.49. The lowest BCUT2D eigenvalue weighted by Gasteiger charge is -2.50. The van der Waals surface area contributed by atoms with Crippen LogP contribution in [0.1, 0.15) is 114 Å². The van der Waals surface area contributed by atoms with Gasteiger partial charge in [-0.1, -0.05) is 38.9 Å². The highest BCUT2D eigenvalue weighted by Crippen LogP contribution is 2.63. The Bertz CT molecular complexity index is 1600. The molecule has 2 saturated carbocycles. The Hall–Kier alpha value is -3.47. The van der Waals surface area contributed by atoms with Crippen LogP contribution in [0.2, 0.25) is 0 Å². The first-order chi connectivity index (χ1) is 22.9. The standard InChI is InChI=1S/C38H54N4O6S/c1-22-20-39-34(49-22)40-31(43)14-12-24-18-30(41-46-10)38(8)16-15-25-26(33(24)38)13-11-23-17-29(28(19-27(23)25)36(2,3)4)47-32(44)21-42(9)35(45)48-37(5,6)7/h17,19-20,24-26,33H,11-16,18,21H2,1-10H3,(H,39,40,43)/t24-,25?,26?,33?,38-/m1/s1. The van der Waals surface area contributed by atoms with E-state index in [1.807, 2.05) is 6.92 Å². The lowest BCUT2D eigenvalue weighted by atomic mass is 9.53. The number of benzene rings is 1. The van der Waals surface area contributed by atoms with Crippen LogP contribution in [0.25, 0.3) is 0 Å². The Balaban J connectivity index is 1.38. The molecule has 11 heteroatoms. The van der Waals surface area contributed by atoms with E-state index in [4.69, 9.17) is 14.3 Å². The second kappa shape index (κ2) is 14.0. The number of amides is 2. The van der Waals surface area contributed by atoms with Crippen LogP contribution in [0, 0.1) is 30.1 Å². The number of carbonyl (C=O) groups excluding carboxylic acids is 3. The molecule has 5 rings (SSSR count). The highest BCUT2D eigenvalue weighted by atomic mass is 32.1. The molecule has 1 aromatic heterocycles. The van der Waals surface area contributed by atoms with Gasteiger partial charge >= 0.3 is 12.1 Å². The topological polar surface area (TPSA) is 119 Å². The Labute approximate surface area is 295 Å². The summed E-state index contributed by atoms with van der Waals surface area (Å²) in [6, 6.07) is 4.35. The van der Waals surface area contributed by atoms with Crippen LogP contribution in [0.5, 0.6) is 5.75 Å². The lowest BCUT2D eigenvalue weighted by molar-refractivity contribution is -0.135. The molecule has 1 heterocycles. The largest absolute Gasteiger partial charge is 0.444 e. The van der Waals surface area contributed by atoms with Crippen LogP contribution >= 0.6 is 11.3 Å². The predicted octanol–water partition coefficient (Wildman–Crippen LogP) is 8.02. The first-order valence-corrected chi connectivity index (χ1v) is 18.4. The smallest absolute Gasteiger partial charge is 0.410 e. The van der Waals surface area contributed by atoms with Gasteiger partial charge < -0.3 is 24.5 Å². The lowest BCUT2D eigenvalue weighted by Crippen LogP contribution is -2.44. The zero-order valence-electron chi connectivity index (χ0n) is 30.9. The van der Waals surface area contributed by atoms with Crippen LogP contribution < -0.4 is 10.1 Å². The van der Waals surface area contributed by atoms with Gasteiger partial charge in [0.05, 0.1) is 5.71 Å². The molecule has 0 bridgehead atoms. The fourth-order valence-electron chi connectivity index (χ4n) is 8.53. The maximum absolute atomic E-state index is 13.1. The second-order valence-electron chi connectivity index (χ2n) is 16.4. The SMILES string of the molecule is CON=C1C[C@@H](CCC(=O)Nc2ncc(C)s2)C2C3CCc4cc(OC(=O)CN(C)C(=O)OC(C)(C)C)c(C(C)(C)C)cc4C3CC[C@]12C. The molecule has 3 aliphatic rings. The zero-order valence-corrected chi connectivity index (χ0v) is 31.7. The van der Waals surface area contributed by atoms with E-state index in [0.29, 0.717) is 41.0 Å². The van der Waals surface area contributed by atoms with E-state index in [1.165, 1.54) is 34.4 Å². The minimum atomic E-state index is -0.659. The minimum absolute atomic E-state index is 0.00344. The van der Waals surface area contributed by atoms with Gasteiger partial charge in [-0.15, -0.1) is 11.3 Å². The maximum Gasteiger partial charge on any atom is 0.410 e. The summed E-state index contributed by atoms with van der Waals surface area (Å²) in [6.07, 6.45) is 7.21. The van der Waals surface area contributed by atoms with Crippen molar-refractivity contribution >= 4 is 40.1 Å². The van der Waals surface area contributed by atoms with Crippen molar-refractivity contribution in [2.45, 2.75) is 117 Å². The molecule has 2 amide bonds. The number of ether oxygens (including phenoxy) is 2. The van der Waals surface area contributed by atoms with Crippen molar-refractivity contribution < 1.29 is 28.7 Å². The molecule has 3 aliphatic carbocycles. The molecule has 1 N–H and O–H groups in total. The molecule has 2 fully saturated rings. The van der Waals surface area contributed by atoms with Crippen molar-refractivity contribution in [3.8, 4) is 5.75 Å². The number of nitrogens with zero attached hydrogens (tertiary/aromatic N) is 3. The van der Waals surface area contributed by atoms with Crippen molar-refractivity contribution in [1.82, 2.24) is 9.88 Å². The van der Waals surface area contributed by atoms with Gasteiger partial charge in [0.2, 0.25) is 5.91 Å². The van der Waals surface area contributed by atoms with Crippen LogP contribution in [0.15, 0.2) is 23.5 Å². The van der Waals surface area contributed by atoms with E-state index < -0.39 is 17.7 Å². The van der Waals surface area contributed by atoms with Gasteiger partial charge in [-0.25, -0.2) is 14.6 Å². The third-order valence-electron chi connectivity index (χ3n) is 10.6. The second-order valence-corrected chi connectivity index (χ2v) is 17.7. The number of aromatic nitrogens is 1. The first-order valence-electron chi connectivity index (χ1n) is 17.5. The molecule has 49 heavy (non-hydrogen) atoms. The van der Waals surface area contributed by atoms with Crippen molar-refractivity contribution in [1.29, 1.82) is 0 Å². The number of rotatable bonds is 8. The molecule has 1 aromatic carbocycles. The van der Waals surface area contributed by atoms with Gasteiger partial charge in [0.25, 0.3) is 0 Å². The average Bonchev–Trinajstić information content (AvgIpc) is 3.53. The van der Waals surface area contributed by atoms with Crippen molar-refractivity contribution in [3.05, 3.63) is 39.9 Å². The highest BCUT2D eigenvalue weighted by Gasteiger charge is 2.57. The predicted molar refractivity (Wildman–Crippen MR) is 192 cm³/mol. The molecular formula is C38H54N4O6S. The van der Waals surface area contributed by atoms with E-state index in [1.54, 1.807) is 34.1 Å². The van der Waals surface area contributed by atoms with Gasteiger partial charge in [-0.05, 0) is 112 Å². The van der Waals surface area contributed by atoms with Crippen LogP contribution in [-0.4, -0.2) is 59.9 Å². The number of fused-ring (bicyclic) bond motifs is 5. The summed E-state index contributed by atoms with van der Waals surface area (Å²) in [5.74, 6) is 1.56. The van der Waals surface area contributed by atoms with Crippen molar-refractivity contribution in [2.75, 3.05) is 26.0 Å². The number of nitrogens with one attached hydrogen (secondary N) is 1. The van der Waals surface area contributed by atoms with Gasteiger partial charge in [0, 0.05) is 35.5 Å². The summed E-state index contributed by atoms with van der Waals surface area (Å²) < 4.78 is 11.4. The van der Waals surface area contributed by atoms with E-state index in [9.17, 15) is 14.4 Å². The molecule has 10 nitrogen and oxygen atoms in total. The molecule has 268 valence electrons. The zero-order chi connectivity index (χ0) is 35.9. The number of hydrogen-bond acceptors (Lipinski definition) is 9. The van der Waals surface area contributed by atoms with Crippen LogP contribution in [-0.2, 0) is 31.0 Å². The Morgan fingerprint density at radius 3 is 2.51 bits per heavy atom. The molecule has 0 saturated heterocycles. The number of aryl methyl sites for hydroxylation is 2. The normalized spacial score (nSPS) is 25.6. The fourth-order valence-corrected chi connectivity index (χ4v) is 9.21. The Morgan fingerprint density at radius 2 is 1.88 bits per heavy atom. The number of oxime groups is 1. The molecule has 0 aliphatic heterocycles. The Kier molecular flexibility index (Phi) is 10.5. The van der Waals surface area contributed by atoms with Gasteiger partial charge in [-0.2, -0.15) is 0 Å². The third kappa shape index (κ3) is 8.13. The summed E-state index contributed by atoms with van der Waals surface area (Å²) in [7, 11) is 3.16. The number of likely N-dealkylation sites (N-methyl/N-ethyl adjacent to an activating group) is 1. The third-order valence-corrected chi connectivity index (χ3v) is 11.4. The molecule has 3 unspecified atom stereocenters. The first kappa shape index (κ1) is 36.8. The summed E-state index contributed by atoms with van der Waals surface area (Å²) in [4.78, 5) is 50.6. The number of anilines is 1. The van der Waals surface area contributed by atoms with E-state index in [2.05, 4.69) is 55.3 Å². The molecule has 0 spiro atoms. The number of carbonyl (C=O) groups is 3. The van der Waals surface area contributed by atoms with Gasteiger partial charge in [-0.3, -0.25) is 4.79 Å². The molecule has 5 atom stereocenters. The van der Waals surface area contributed by atoms with Gasteiger partial charge in [0.1, 0.15) is 25.0 Å². The van der Waals surface area contributed by atoms with E-state index in [-0.39, 0.29) is 23.3 Å². The molecule has 0 radical (unpaired) electrons. The van der Waals surface area contributed by atoms with E-state index >= 15 is 0 Å². The Morgan fingerprint density at radius 1 is 1.14 bits per heavy atom. The monoisotopic (exact) mass is 694 g/mol. The summed E-state index contributed by atoms with van der Waals surface area (Å²) in [5.41, 5.74) is 3.65. The van der Waals surface area contributed by atoms with Crippen LogP contribution in [0.4, 0.5) is 9.93 Å². The molecule has 2 aromatic rings. The van der Waals surface area contributed by atoms with E-state index in [0.717, 1.165) is 54.7 Å². The number of hydrogen-bond donors (Lipinski definition) is 1.